The second-order valence-electron chi connectivity index (χ2n) is 10.2. The van der Waals surface area contributed by atoms with Gasteiger partial charge < -0.3 is 24.7 Å². The van der Waals surface area contributed by atoms with Gasteiger partial charge in [0.15, 0.2) is 0 Å². The number of hydrogen-bond donors (Lipinski definition) is 2. The van der Waals surface area contributed by atoms with Crippen LogP contribution >= 0.6 is 0 Å². The van der Waals surface area contributed by atoms with Gasteiger partial charge in [0.05, 0.1) is 36.4 Å². The first kappa shape index (κ1) is 27.8. The van der Waals surface area contributed by atoms with Crippen LogP contribution in [-0.4, -0.2) is 64.7 Å². The van der Waals surface area contributed by atoms with Crippen LogP contribution in [0.5, 0.6) is 11.5 Å². The number of H-pyrrole nitrogens is 1. The molecule has 2 aromatic heterocycles. The minimum Gasteiger partial charge on any atom is -0.457 e. The molecule has 43 heavy (non-hydrogen) atoms. The summed E-state index contributed by atoms with van der Waals surface area (Å²) in [5.74, 6) is 7.64. The van der Waals surface area contributed by atoms with Gasteiger partial charge in [-0.05, 0) is 80.1 Å². The first-order chi connectivity index (χ1) is 20.9. The number of nitrogens with zero attached hydrogens (tertiary/aromatic N) is 3. The van der Waals surface area contributed by atoms with E-state index in [0.717, 1.165) is 27.7 Å². The Morgan fingerprint density at radius 1 is 1.02 bits per heavy atom. The number of ketones is 1. The van der Waals surface area contributed by atoms with Crippen LogP contribution in [0.2, 0.25) is 0 Å². The van der Waals surface area contributed by atoms with E-state index < -0.39 is 0 Å². The molecule has 0 aliphatic carbocycles. The number of fused-ring (bicyclic) bond motifs is 1. The van der Waals surface area contributed by atoms with Crippen LogP contribution in [-0.2, 0) is 4.74 Å². The maximum absolute atomic E-state index is 13.7. The van der Waals surface area contributed by atoms with Crippen LogP contribution < -0.4 is 10.1 Å². The maximum atomic E-state index is 13.7. The molecule has 1 fully saturated rings. The largest absolute Gasteiger partial charge is 0.457 e. The van der Waals surface area contributed by atoms with Crippen molar-refractivity contribution in [1.82, 2.24) is 19.7 Å². The molecule has 0 spiro atoms. The van der Waals surface area contributed by atoms with Crippen LogP contribution in [0.1, 0.15) is 44.5 Å². The molecule has 0 unspecified atom stereocenters. The van der Waals surface area contributed by atoms with Crippen molar-refractivity contribution >= 4 is 28.4 Å². The molecule has 5 aromatic rings. The predicted molar refractivity (Wildman–Crippen MR) is 165 cm³/mol. The number of hydrogen-bond acceptors (Lipinski definition) is 6. The van der Waals surface area contributed by atoms with Crippen molar-refractivity contribution in [3.63, 3.8) is 0 Å². The number of nitrogens with one attached hydrogen (secondary N) is 2. The third-order valence-electron chi connectivity index (χ3n) is 7.40. The topological polar surface area (TPSA) is 101 Å². The van der Waals surface area contributed by atoms with Gasteiger partial charge in [-0.3, -0.25) is 9.59 Å². The van der Waals surface area contributed by atoms with Crippen molar-refractivity contribution in [2.75, 3.05) is 38.7 Å². The summed E-state index contributed by atoms with van der Waals surface area (Å²) in [6.45, 7) is 6.00. The molecule has 216 valence electrons. The number of benzene rings is 3. The molecule has 0 radical (unpaired) electrons. The summed E-state index contributed by atoms with van der Waals surface area (Å²) in [6.07, 6.45) is 1.57. The van der Waals surface area contributed by atoms with E-state index in [0.29, 0.717) is 60.4 Å². The van der Waals surface area contributed by atoms with Crippen LogP contribution in [0.4, 0.5) is 5.82 Å². The Balaban J connectivity index is 1.24. The van der Waals surface area contributed by atoms with Gasteiger partial charge in [-0.15, -0.1) is 5.92 Å². The monoisotopic (exact) mass is 573 g/mol. The minimum absolute atomic E-state index is 0.0378. The average Bonchev–Trinajstić information content (AvgIpc) is 3.65. The highest BCUT2D eigenvalue weighted by molar-refractivity contribution is 6.13. The molecule has 1 saturated heterocycles. The molecular weight excluding hydrogens is 542 g/mol. The van der Waals surface area contributed by atoms with Gasteiger partial charge in [0.2, 0.25) is 5.78 Å². The second-order valence-corrected chi connectivity index (χ2v) is 10.2. The predicted octanol–water partition coefficient (Wildman–Crippen LogP) is 5.57. The molecule has 9 nitrogen and oxygen atoms in total. The standard InChI is InChI=1S/C34H31N5O4/c1-4-6-23-7-5-8-26(18-23)43-27-10-12-31(22(2)17-27)39-33(35-3)28(21-36-39)32(40)30-20-25-19-24(9-11-29(25)37-30)34(41)38-13-15-42-16-14-38/h5,7-12,17-21,35,37H,13-16H2,1-3H3. The summed E-state index contributed by atoms with van der Waals surface area (Å²) >= 11 is 0. The maximum Gasteiger partial charge on any atom is 0.254 e. The molecular formula is C34H31N5O4. The normalized spacial score (nSPS) is 13.0. The van der Waals surface area contributed by atoms with Crippen molar-refractivity contribution in [2.24, 2.45) is 0 Å². The quantitative estimate of drug-likeness (QED) is 0.195. The van der Waals surface area contributed by atoms with E-state index >= 15 is 0 Å². The lowest BCUT2D eigenvalue weighted by molar-refractivity contribution is 0.0303. The SMILES string of the molecule is CC#Cc1cccc(Oc2ccc(-n3ncc(C(=O)c4cc5cc(C(=O)N6CCOCC6)ccc5[nH]4)c3NC)c(C)c2)c1. The number of carbonyl (C=O) groups excluding carboxylic acids is 2. The van der Waals surface area contributed by atoms with Crippen LogP contribution in [0.25, 0.3) is 16.6 Å². The Hall–Kier alpha value is -5.33. The van der Waals surface area contributed by atoms with Gasteiger partial charge in [-0.2, -0.15) is 5.10 Å². The van der Waals surface area contributed by atoms with Crippen molar-refractivity contribution in [1.29, 1.82) is 0 Å². The highest BCUT2D eigenvalue weighted by atomic mass is 16.5. The second kappa shape index (κ2) is 11.9. The van der Waals surface area contributed by atoms with Gasteiger partial charge in [0.25, 0.3) is 5.91 Å². The number of aryl methyl sites for hydroxylation is 1. The zero-order chi connectivity index (χ0) is 29.9. The van der Waals surface area contributed by atoms with Gasteiger partial charge in [0, 0.05) is 42.2 Å². The summed E-state index contributed by atoms with van der Waals surface area (Å²) in [7, 11) is 1.76. The summed E-state index contributed by atoms with van der Waals surface area (Å²) in [5.41, 5.74) is 4.82. The van der Waals surface area contributed by atoms with E-state index in [9.17, 15) is 9.59 Å². The number of amides is 1. The lowest BCUT2D eigenvalue weighted by atomic mass is 10.1. The third kappa shape index (κ3) is 5.61. The highest BCUT2D eigenvalue weighted by Crippen LogP contribution is 2.30. The molecule has 1 aliphatic heterocycles. The zero-order valence-corrected chi connectivity index (χ0v) is 24.2. The summed E-state index contributed by atoms with van der Waals surface area (Å²) in [5, 5.41) is 8.50. The number of rotatable bonds is 7. The Bertz CT molecular complexity index is 1900. The molecule has 3 heterocycles. The fourth-order valence-electron chi connectivity index (χ4n) is 5.27. The number of aromatic nitrogens is 3. The smallest absolute Gasteiger partial charge is 0.254 e. The van der Waals surface area contributed by atoms with Gasteiger partial charge in [-0.25, -0.2) is 4.68 Å². The van der Waals surface area contributed by atoms with Crippen LogP contribution in [0, 0.1) is 18.8 Å². The van der Waals surface area contributed by atoms with Gasteiger partial charge in [-0.1, -0.05) is 12.0 Å². The molecule has 1 aliphatic rings. The molecule has 0 saturated carbocycles. The van der Waals surface area contributed by atoms with E-state index in [-0.39, 0.29) is 11.7 Å². The molecule has 3 aromatic carbocycles. The van der Waals surface area contributed by atoms with Crippen LogP contribution in [0.15, 0.2) is 72.9 Å². The summed E-state index contributed by atoms with van der Waals surface area (Å²) in [6, 6.07) is 20.6. The number of morpholine rings is 1. The number of carbonyl (C=O) groups is 2. The Morgan fingerprint density at radius 2 is 1.84 bits per heavy atom. The van der Waals surface area contributed by atoms with Crippen molar-refractivity contribution in [3.8, 4) is 29.0 Å². The zero-order valence-electron chi connectivity index (χ0n) is 24.2. The Labute approximate surface area is 249 Å². The lowest BCUT2D eigenvalue weighted by Gasteiger charge is -2.26. The molecule has 6 rings (SSSR count). The minimum atomic E-state index is -0.208. The number of aromatic amines is 1. The first-order valence-corrected chi connectivity index (χ1v) is 14.1. The van der Waals surface area contributed by atoms with Gasteiger partial charge in [0.1, 0.15) is 17.3 Å². The van der Waals surface area contributed by atoms with E-state index in [4.69, 9.17) is 9.47 Å². The third-order valence-corrected chi connectivity index (χ3v) is 7.40. The Morgan fingerprint density at radius 3 is 2.60 bits per heavy atom. The highest BCUT2D eigenvalue weighted by Gasteiger charge is 2.23. The lowest BCUT2D eigenvalue weighted by Crippen LogP contribution is -2.40. The first-order valence-electron chi connectivity index (χ1n) is 14.1. The summed E-state index contributed by atoms with van der Waals surface area (Å²) < 4.78 is 13.2. The fraction of sp³-hybridized carbons (Fsp3) is 0.206. The van der Waals surface area contributed by atoms with Crippen molar-refractivity contribution in [3.05, 3.63) is 101 Å². The molecule has 9 heteroatoms. The number of anilines is 1. The van der Waals surface area contributed by atoms with E-state index in [1.165, 1.54) is 0 Å². The van der Waals surface area contributed by atoms with Crippen LogP contribution in [0.3, 0.4) is 0 Å². The molecule has 1 amide bonds. The Kier molecular flexibility index (Phi) is 7.69. The van der Waals surface area contributed by atoms with E-state index in [1.54, 1.807) is 41.9 Å². The molecule has 0 bridgehead atoms. The van der Waals surface area contributed by atoms with Crippen molar-refractivity contribution < 1.29 is 19.1 Å². The van der Waals surface area contributed by atoms with Crippen molar-refractivity contribution in [2.45, 2.75) is 13.8 Å². The van der Waals surface area contributed by atoms with Gasteiger partial charge >= 0.3 is 0 Å². The van der Waals surface area contributed by atoms with E-state index in [2.05, 4.69) is 27.2 Å². The molecule has 2 N–H and O–H groups in total. The molecule has 0 atom stereocenters. The number of ether oxygens (including phenoxy) is 2. The van der Waals surface area contributed by atoms with E-state index in [1.807, 2.05) is 61.5 Å². The fourth-order valence-corrected chi connectivity index (χ4v) is 5.27. The average molecular weight is 574 g/mol. The summed E-state index contributed by atoms with van der Waals surface area (Å²) in [4.78, 5) is 31.6.